The minimum Gasteiger partial charge on any atom is -0.472 e. The van der Waals surface area contributed by atoms with Gasteiger partial charge < -0.3 is 9.32 Å². The first-order valence-corrected chi connectivity index (χ1v) is 8.67. The van der Waals surface area contributed by atoms with Gasteiger partial charge in [0.15, 0.2) is 0 Å². The van der Waals surface area contributed by atoms with Gasteiger partial charge in [-0.25, -0.2) is 4.39 Å². The zero-order valence-corrected chi connectivity index (χ0v) is 14.6. The van der Waals surface area contributed by atoms with Crippen molar-refractivity contribution in [3.63, 3.8) is 0 Å². The summed E-state index contributed by atoms with van der Waals surface area (Å²) in [5.41, 5.74) is 5.86. The minimum absolute atomic E-state index is 0.0241. The number of amides is 3. The van der Waals surface area contributed by atoms with Crippen molar-refractivity contribution in [1.29, 1.82) is 0 Å². The topological polar surface area (TPSA) is 91.7 Å². The first kappa shape index (κ1) is 18.6. The Morgan fingerprint density at radius 3 is 2.63 bits per heavy atom. The molecule has 0 bridgehead atoms. The van der Waals surface area contributed by atoms with Crippen molar-refractivity contribution >= 4 is 17.7 Å². The van der Waals surface area contributed by atoms with Crippen molar-refractivity contribution in [1.82, 2.24) is 15.8 Å². The summed E-state index contributed by atoms with van der Waals surface area (Å²) in [6.45, 7) is 0.856. The van der Waals surface area contributed by atoms with Crippen molar-refractivity contribution in [3.8, 4) is 0 Å². The molecule has 1 atom stereocenters. The van der Waals surface area contributed by atoms with E-state index in [1.807, 2.05) is 0 Å². The van der Waals surface area contributed by atoms with E-state index < -0.39 is 11.8 Å². The van der Waals surface area contributed by atoms with Crippen molar-refractivity contribution in [3.05, 3.63) is 59.8 Å². The maximum absolute atomic E-state index is 12.9. The molecule has 7 nitrogen and oxygen atoms in total. The molecule has 1 aromatic heterocycles. The van der Waals surface area contributed by atoms with E-state index in [4.69, 9.17) is 4.42 Å². The lowest BCUT2D eigenvalue weighted by Crippen LogP contribution is -2.50. The smallest absolute Gasteiger partial charge is 0.257 e. The van der Waals surface area contributed by atoms with Gasteiger partial charge >= 0.3 is 0 Å². The Hall–Kier alpha value is -3.16. The van der Waals surface area contributed by atoms with Gasteiger partial charge in [0.05, 0.1) is 24.2 Å². The van der Waals surface area contributed by atoms with Crippen LogP contribution in [0.3, 0.4) is 0 Å². The molecule has 0 saturated carbocycles. The van der Waals surface area contributed by atoms with Crippen molar-refractivity contribution in [2.75, 3.05) is 13.1 Å². The average molecular weight is 373 g/mol. The average Bonchev–Trinajstić information content (AvgIpc) is 3.22. The molecular weight excluding hydrogens is 353 g/mol. The first-order chi connectivity index (χ1) is 13.0. The van der Waals surface area contributed by atoms with E-state index in [-0.39, 0.29) is 30.6 Å². The Morgan fingerprint density at radius 2 is 1.93 bits per heavy atom. The highest BCUT2D eigenvalue weighted by Gasteiger charge is 2.29. The van der Waals surface area contributed by atoms with Crippen LogP contribution in [0, 0.1) is 11.7 Å². The van der Waals surface area contributed by atoms with Gasteiger partial charge in [-0.3, -0.25) is 25.2 Å². The molecule has 2 N–H and O–H groups in total. The van der Waals surface area contributed by atoms with Gasteiger partial charge in [0, 0.05) is 13.1 Å². The highest BCUT2D eigenvalue weighted by Crippen LogP contribution is 2.19. The number of carbonyl (C=O) groups is 3. The fraction of sp³-hybridized carbons (Fsp3) is 0.316. The molecule has 1 saturated heterocycles. The number of hydrazine groups is 1. The zero-order valence-electron chi connectivity index (χ0n) is 14.6. The molecule has 3 rings (SSSR count). The zero-order chi connectivity index (χ0) is 19.2. The van der Waals surface area contributed by atoms with Crippen LogP contribution in [0.25, 0.3) is 0 Å². The molecule has 1 aliphatic heterocycles. The lowest BCUT2D eigenvalue weighted by Gasteiger charge is -2.31. The normalized spacial score (nSPS) is 16.6. The van der Waals surface area contributed by atoms with Gasteiger partial charge in [-0.15, -0.1) is 0 Å². The standard InChI is InChI=1S/C19H20FN3O4/c20-16-5-3-13(4-6-16)10-17(24)21-22-18(25)14-2-1-8-23(11-14)19(26)15-7-9-27-12-15/h3-7,9,12,14H,1-2,8,10-11H2,(H,21,24)(H,22,25). The van der Waals surface area contributed by atoms with E-state index in [1.165, 1.54) is 36.8 Å². The lowest BCUT2D eigenvalue weighted by molar-refractivity contribution is -0.131. The fourth-order valence-electron chi connectivity index (χ4n) is 3.01. The predicted octanol–water partition coefficient (Wildman–Crippen LogP) is 1.66. The quantitative estimate of drug-likeness (QED) is 0.798. The maximum Gasteiger partial charge on any atom is 0.257 e. The van der Waals surface area contributed by atoms with E-state index >= 15 is 0 Å². The molecule has 8 heteroatoms. The molecule has 0 radical (unpaired) electrons. The second-order valence-electron chi connectivity index (χ2n) is 6.44. The number of nitrogens with one attached hydrogen (secondary N) is 2. The van der Waals surface area contributed by atoms with Crippen LogP contribution >= 0.6 is 0 Å². The predicted molar refractivity (Wildman–Crippen MR) is 93.7 cm³/mol. The van der Waals surface area contributed by atoms with Gasteiger partial charge in [-0.05, 0) is 36.6 Å². The van der Waals surface area contributed by atoms with Crippen molar-refractivity contribution in [2.45, 2.75) is 19.3 Å². The molecule has 0 aliphatic carbocycles. The number of hydrogen-bond acceptors (Lipinski definition) is 4. The second-order valence-corrected chi connectivity index (χ2v) is 6.44. The van der Waals surface area contributed by atoms with E-state index in [1.54, 1.807) is 11.0 Å². The summed E-state index contributed by atoms with van der Waals surface area (Å²) in [5.74, 6) is -1.70. The maximum atomic E-state index is 12.9. The van der Waals surface area contributed by atoms with E-state index in [9.17, 15) is 18.8 Å². The van der Waals surface area contributed by atoms with E-state index in [2.05, 4.69) is 10.9 Å². The number of nitrogens with zero attached hydrogens (tertiary/aromatic N) is 1. The molecular formula is C19H20FN3O4. The Bertz CT molecular complexity index is 805. The van der Waals surface area contributed by atoms with Crippen LogP contribution in [0.15, 0.2) is 47.3 Å². The summed E-state index contributed by atoms with van der Waals surface area (Å²) in [7, 11) is 0. The number of rotatable bonds is 4. The fourth-order valence-corrected chi connectivity index (χ4v) is 3.01. The highest BCUT2D eigenvalue weighted by atomic mass is 19.1. The van der Waals surface area contributed by atoms with Crippen LogP contribution in [0.2, 0.25) is 0 Å². The summed E-state index contributed by atoms with van der Waals surface area (Å²) in [4.78, 5) is 38.2. The highest BCUT2D eigenvalue weighted by molar-refractivity contribution is 5.94. The van der Waals surface area contributed by atoms with Crippen LogP contribution in [0.1, 0.15) is 28.8 Å². The second kappa shape index (κ2) is 8.48. The number of likely N-dealkylation sites (tertiary alicyclic amines) is 1. The third-order valence-corrected chi connectivity index (χ3v) is 4.45. The lowest BCUT2D eigenvalue weighted by atomic mass is 9.97. The van der Waals surface area contributed by atoms with Gasteiger partial charge in [-0.1, -0.05) is 12.1 Å². The Morgan fingerprint density at radius 1 is 1.15 bits per heavy atom. The van der Waals surface area contributed by atoms with Gasteiger partial charge in [0.1, 0.15) is 12.1 Å². The minimum atomic E-state index is -0.405. The molecule has 142 valence electrons. The molecule has 1 aromatic carbocycles. The summed E-state index contributed by atoms with van der Waals surface area (Å²) < 4.78 is 17.8. The molecule has 1 unspecified atom stereocenters. The monoisotopic (exact) mass is 373 g/mol. The SMILES string of the molecule is O=C(Cc1ccc(F)cc1)NNC(=O)C1CCCN(C(=O)c2ccoc2)C1. The third kappa shape index (κ3) is 4.93. The van der Waals surface area contributed by atoms with Crippen LogP contribution in [0.4, 0.5) is 4.39 Å². The van der Waals surface area contributed by atoms with Crippen LogP contribution in [-0.2, 0) is 16.0 Å². The van der Waals surface area contributed by atoms with Crippen molar-refractivity contribution in [2.24, 2.45) is 5.92 Å². The Kier molecular flexibility index (Phi) is 5.85. The summed E-state index contributed by atoms with van der Waals surface area (Å²) in [5, 5.41) is 0. The molecule has 1 fully saturated rings. The first-order valence-electron chi connectivity index (χ1n) is 8.67. The third-order valence-electron chi connectivity index (χ3n) is 4.45. The van der Waals surface area contributed by atoms with E-state index in [0.29, 0.717) is 30.5 Å². The number of hydrogen-bond donors (Lipinski definition) is 2. The number of piperidine rings is 1. The van der Waals surface area contributed by atoms with Crippen LogP contribution < -0.4 is 10.9 Å². The van der Waals surface area contributed by atoms with Gasteiger partial charge in [-0.2, -0.15) is 0 Å². The molecule has 0 spiro atoms. The van der Waals surface area contributed by atoms with Crippen LogP contribution in [-0.4, -0.2) is 35.7 Å². The number of furan rings is 1. The molecule has 3 amide bonds. The summed E-state index contributed by atoms with van der Waals surface area (Å²) in [6.07, 6.45) is 4.16. The molecule has 2 heterocycles. The Labute approximate surface area is 155 Å². The number of carbonyl (C=O) groups excluding carboxylic acids is 3. The van der Waals surface area contributed by atoms with Crippen molar-refractivity contribution < 1.29 is 23.2 Å². The van der Waals surface area contributed by atoms with Gasteiger partial charge in [0.2, 0.25) is 11.8 Å². The summed E-state index contributed by atoms with van der Waals surface area (Å²) >= 11 is 0. The number of benzene rings is 1. The molecule has 27 heavy (non-hydrogen) atoms. The van der Waals surface area contributed by atoms with Gasteiger partial charge in [0.25, 0.3) is 5.91 Å². The largest absolute Gasteiger partial charge is 0.472 e. The van der Waals surface area contributed by atoms with E-state index in [0.717, 1.165) is 0 Å². The molecule has 1 aliphatic rings. The number of halogens is 1. The van der Waals surface area contributed by atoms with Crippen LogP contribution in [0.5, 0.6) is 0 Å². The Balaban J connectivity index is 1.48. The summed E-state index contributed by atoms with van der Waals surface area (Å²) in [6, 6.07) is 7.15. The molecule has 2 aromatic rings.